The number of fused-ring (bicyclic) bond motifs is 1. The number of pyridine rings is 1. The second kappa shape index (κ2) is 5.80. The monoisotopic (exact) mass is 273 g/mol. The molecule has 0 amide bonds. The molecule has 0 bridgehead atoms. The van der Waals surface area contributed by atoms with Gasteiger partial charge in [-0.05, 0) is 37.4 Å². The minimum atomic E-state index is 0.465. The molecular weight excluding hydrogens is 254 g/mol. The Labute approximate surface area is 118 Å². The zero-order valence-corrected chi connectivity index (χ0v) is 12.0. The van der Waals surface area contributed by atoms with Crippen LogP contribution < -0.4 is 5.32 Å². The maximum atomic E-state index is 4.87. The lowest BCUT2D eigenvalue weighted by molar-refractivity contribution is 0.465. The summed E-state index contributed by atoms with van der Waals surface area (Å²) in [6, 6.07) is 4.58. The van der Waals surface area contributed by atoms with Crippen molar-refractivity contribution in [3.05, 3.63) is 45.7 Å². The maximum absolute atomic E-state index is 4.87. The van der Waals surface area contributed by atoms with E-state index in [-0.39, 0.29) is 0 Å². The van der Waals surface area contributed by atoms with Crippen molar-refractivity contribution in [1.82, 2.24) is 15.3 Å². The summed E-state index contributed by atoms with van der Waals surface area (Å²) in [7, 11) is 0. The van der Waals surface area contributed by atoms with E-state index in [2.05, 4.69) is 23.3 Å². The van der Waals surface area contributed by atoms with Gasteiger partial charge in [0.1, 0.15) is 0 Å². The Morgan fingerprint density at radius 2 is 2.42 bits per heavy atom. The molecule has 2 aromatic heterocycles. The smallest absolute Gasteiger partial charge is 0.0976 e. The van der Waals surface area contributed by atoms with Crippen LogP contribution in [0.5, 0.6) is 0 Å². The number of hydrogen-bond donors (Lipinski definition) is 1. The molecule has 4 heteroatoms. The highest BCUT2D eigenvalue weighted by molar-refractivity contribution is 7.11. The highest BCUT2D eigenvalue weighted by Crippen LogP contribution is 2.33. The lowest BCUT2D eigenvalue weighted by Crippen LogP contribution is -2.24. The number of hydrogen-bond acceptors (Lipinski definition) is 4. The van der Waals surface area contributed by atoms with Crippen molar-refractivity contribution >= 4 is 11.3 Å². The van der Waals surface area contributed by atoms with Gasteiger partial charge in [-0.3, -0.25) is 4.98 Å². The van der Waals surface area contributed by atoms with Crippen molar-refractivity contribution in [2.75, 3.05) is 6.54 Å². The van der Waals surface area contributed by atoms with Gasteiger partial charge in [-0.15, -0.1) is 11.3 Å². The maximum Gasteiger partial charge on any atom is 0.0976 e. The van der Waals surface area contributed by atoms with Crippen LogP contribution in [-0.4, -0.2) is 16.5 Å². The molecule has 3 rings (SSSR count). The second-order valence-electron chi connectivity index (χ2n) is 4.96. The van der Waals surface area contributed by atoms with Crippen LogP contribution in [0.25, 0.3) is 0 Å². The Bertz CT molecular complexity index is 536. The first-order valence-electron chi connectivity index (χ1n) is 6.97. The summed E-state index contributed by atoms with van der Waals surface area (Å²) in [5.41, 5.74) is 2.55. The van der Waals surface area contributed by atoms with Gasteiger partial charge in [0, 0.05) is 23.7 Å². The van der Waals surface area contributed by atoms with Gasteiger partial charge in [-0.1, -0.05) is 13.0 Å². The third-order valence-corrected chi connectivity index (χ3v) is 4.66. The summed E-state index contributed by atoms with van der Waals surface area (Å²) in [5, 5.41) is 4.77. The first-order valence-corrected chi connectivity index (χ1v) is 7.79. The Hall–Kier alpha value is -1.26. The van der Waals surface area contributed by atoms with Gasteiger partial charge in [-0.25, -0.2) is 4.98 Å². The Morgan fingerprint density at radius 3 is 3.21 bits per heavy atom. The van der Waals surface area contributed by atoms with Crippen LogP contribution in [-0.2, 0) is 12.8 Å². The SMILES string of the molecule is CCNC1CCCc2sc(Cc3cccnc3)nc21. The summed E-state index contributed by atoms with van der Waals surface area (Å²) in [6.45, 7) is 3.18. The van der Waals surface area contributed by atoms with E-state index in [1.54, 1.807) is 0 Å². The molecule has 100 valence electrons. The van der Waals surface area contributed by atoms with Crippen LogP contribution in [0.4, 0.5) is 0 Å². The van der Waals surface area contributed by atoms with Crippen LogP contribution >= 0.6 is 11.3 Å². The fourth-order valence-electron chi connectivity index (χ4n) is 2.67. The van der Waals surface area contributed by atoms with Gasteiger partial charge < -0.3 is 5.32 Å². The molecule has 1 unspecified atom stereocenters. The number of rotatable bonds is 4. The Morgan fingerprint density at radius 1 is 1.47 bits per heavy atom. The molecule has 0 saturated heterocycles. The van der Waals surface area contributed by atoms with Crippen LogP contribution in [0.15, 0.2) is 24.5 Å². The molecule has 1 atom stereocenters. The number of nitrogens with one attached hydrogen (secondary N) is 1. The molecule has 0 fully saturated rings. The first kappa shape index (κ1) is 12.8. The number of aryl methyl sites for hydroxylation is 1. The van der Waals surface area contributed by atoms with Crippen LogP contribution in [0, 0.1) is 0 Å². The molecular formula is C15H19N3S. The van der Waals surface area contributed by atoms with E-state index in [9.17, 15) is 0 Å². The van der Waals surface area contributed by atoms with Gasteiger partial charge in [0.2, 0.25) is 0 Å². The second-order valence-corrected chi connectivity index (χ2v) is 6.12. The molecule has 1 aliphatic carbocycles. The van der Waals surface area contributed by atoms with Gasteiger partial charge in [0.05, 0.1) is 16.7 Å². The average molecular weight is 273 g/mol. The fraction of sp³-hybridized carbons (Fsp3) is 0.467. The first-order chi connectivity index (χ1) is 9.36. The van der Waals surface area contributed by atoms with E-state index in [0.717, 1.165) is 13.0 Å². The third kappa shape index (κ3) is 2.85. The van der Waals surface area contributed by atoms with E-state index >= 15 is 0 Å². The van der Waals surface area contributed by atoms with E-state index in [4.69, 9.17) is 4.98 Å². The normalized spacial score (nSPS) is 18.3. The molecule has 1 N–H and O–H groups in total. The van der Waals surface area contributed by atoms with E-state index in [1.165, 1.54) is 40.4 Å². The van der Waals surface area contributed by atoms with E-state index < -0.39 is 0 Å². The molecule has 0 radical (unpaired) electrons. The summed E-state index contributed by atoms with van der Waals surface area (Å²) < 4.78 is 0. The summed E-state index contributed by atoms with van der Waals surface area (Å²) in [5.74, 6) is 0. The number of nitrogens with zero attached hydrogens (tertiary/aromatic N) is 2. The Balaban J connectivity index is 1.81. The lowest BCUT2D eigenvalue weighted by atomic mass is 9.98. The molecule has 0 spiro atoms. The largest absolute Gasteiger partial charge is 0.309 e. The number of thiazole rings is 1. The molecule has 1 aliphatic rings. The number of aromatic nitrogens is 2. The zero-order chi connectivity index (χ0) is 13.1. The van der Waals surface area contributed by atoms with Gasteiger partial charge in [0.25, 0.3) is 0 Å². The van der Waals surface area contributed by atoms with Crippen molar-refractivity contribution in [3.8, 4) is 0 Å². The summed E-state index contributed by atoms with van der Waals surface area (Å²) in [6.07, 6.45) is 8.35. The van der Waals surface area contributed by atoms with Crippen molar-refractivity contribution in [3.63, 3.8) is 0 Å². The fourth-order valence-corrected chi connectivity index (χ4v) is 3.87. The van der Waals surface area contributed by atoms with Crippen molar-refractivity contribution in [2.24, 2.45) is 0 Å². The highest BCUT2D eigenvalue weighted by Gasteiger charge is 2.23. The lowest BCUT2D eigenvalue weighted by Gasteiger charge is -2.21. The molecule has 19 heavy (non-hydrogen) atoms. The quantitative estimate of drug-likeness (QED) is 0.930. The molecule has 2 aromatic rings. The molecule has 0 aliphatic heterocycles. The van der Waals surface area contributed by atoms with Crippen LogP contribution in [0.1, 0.15) is 46.9 Å². The molecule has 0 aromatic carbocycles. The van der Waals surface area contributed by atoms with Gasteiger partial charge in [0.15, 0.2) is 0 Å². The van der Waals surface area contributed by atoms with Crippen LogP contribution in [0.3, 0.4) is 0 Å². The molecule has 2 heterocycles. The predicted octanol–water partition coefficient (Wildman–Crippen LogP) is 3.12. The van der Waals surface area contributed by atoms with Gasteiger partial charge in [-0.2, -0.15) is 0 Å². The third-order valence-electron chi connectivity index (χ3n) is 3.53. The minimum Gasteiger partial charge on any atom is -0.309 e. The standard InChI is InChI=1S/C15H19N3S/c1-2-17-12-6-3-7-13-15(12)18-14(19-13)9-11-5-4-8-16-10-11/h4-5,8,10,12,17H,2-3,6-7,9H2,1H3. The average Bonchev–Trinajstić information content (AvgIpc) is 2.84. The summed E-state index contributed by atoms with van der Waals surface area (Å²) >= 11 is 1.88. The van der Waals surface area contributed by atoms with E-state index in [0.29, 0.717) is 6.04 Å². The molecule has 3 nitrogen and oxygen atoms in total. The predicted molar refractivity (Wildman–Crippen MR) is 78.5 cm³/mol. The summed E-state index contributed by atoms with van der Waals surface area (Å²) in [4.78, 5) is 10.5. The van der Waals surface area contributed by atoms with Crippen molar-refractivity contribution in [1.29, 1.82) is 0 Å². The minimum absolute atomic E-state index is 0.465. The van der Waals surface area contributed by atoms with Crippen molar-refractivity contribution < 1.29 is 0 Å². The highest BCUT2D eigenvalue weighted by atomic mass is 32.1. The van der Waals surface area contributed by atoms with Crippen LogP contribution in [0.2, 0.25) is 0 Å². The topological polar surface area (TPSA) is 37.8 Å². The Kier molecular flexibility index (Phi) is 3.89. The van der Waals surface area contributed by atoms with E-state index in [1.807, 2.05) is 29.8 Å². The zero-order valence-electron chi connectivity index (χ0n) is 11.2. The van der Waals surface area contributed by atoms with Crippen molar-refractivity contribution in [2.45, 2.75) is 38.6 Å². The molecule has 0 saturated carbocycles. The van der Waals surface area contributed by atoms with Gasteiger partial charge >= 0.3 is 0 Å².